The molecule has 1 aromatic carbocycles. The minimum Gasteiger partial charge on any atom is -0.324 e. The van der Waals surface area contributed by atoms with Crippen LogP contribution < -0.4 is 5.32 Å². The molecule has 0 radical (unpaired) electrons. The summed E-state index contributed by atoms with van der Waals surface area (Å²) in [4.78, 5) is 11.3. The Morgan fingerprint density at radius 1 is 1.44 bits per heavy atom. The van der Waals surface area contributed by atoms with E-state index in [1.165, 1.54) is 6.07 Å². The number of nitrogens with one attached hydrogen (secondary N) is 1. The molecule has 0 unspecified atom stereocenters. The number of nitrogens with zero attached hydrogens (tertiary/aromatic N) is 1. The number of hydrogen-bond acceptors (Lipinski definition) is 4. The molecule has 0 atom stereocenters. The highest BCUT2D eigenvalue weighted by molar-refractivity contribution is 7.91. The fraction of sp³-hybridized carbons (Fsp3) is 0.200. The maximum atomic E-state index is 11.3. The van der Waals surface area contributed by atoms with Crippen LogP contribution in [0.15, 0.2) is 24.3 Å². The first-order valence-corrected chi connectivity index (χ1v) is 6.45. The number of carbonyl (C=O) groups is 1. The molecule has 0 aromatic heterocycles. The van der Waals surface area contributed by atoms with Crippen LogP contribution in [0.4, 0.5) is 5.69 Å². The van der Waals surface area contributed by atoms with Crippen LogP contribution in [0.1, 0.15) is 5.56 Å². The Hall–Kier alpha value is -1.87. The van der Waals surface area contributed by atoms with Gasteiger partial charge in [0.15, 0.2) is 9.84 Å². The van der Waals surface area contributed by atoms with Crippen LogP contribution in [0.2, 0.25) is 0 Å². The molecular weight excluding hydrogens is 228 g/mol. The summed E-state index contributed by atoms with van der Waals surface area (Å²) in [6.07, 6.45) is 0.975. The number of para-hydroxylation sites is 1. The summed E-state index contributed by atoms with van der Waals surface area (Å²) in [5.74, 6) is -1.24. The second-order valence-corrected chi connectivity index (χ2v) is 5.42. The molecule has 0 fully saturated rings. The minimum absolute atomic E-state index is 0.296. The van der Waals surface area contributed by atoms with Gasteiger partial charge in [-0.2, -0.15) is 5.26 Å². The second kappa shape index (κ2) is 4.77. The van der Waals surface area contributed by atoms with Gasteiger partial charge in [-0.05, 0) is 12.1 Å². The summed E-state index contributed by atoms with van der Waals surface area (Å²) < 4.78 is 21.7. The monoisotopic (exact) mass is 238 g/mol. The maximum absolute atomic E-state index is 11.3. The van der Waals surface area contributed by atoms with Crippen molar-refractivity contribution in [2.24, 2.45) is 0 Å². The first kappa shape index (κ1) is 12.2. The van der Waals surface area contributed by atoms with Crippen LogP contribution in [-0.2, 0) is 14.6 Å². The quantitative estimate of drug-likeness (QED) is 0.832. The molecule has 6 heteroatoms. The first-order valence-electron chi connectivity index (χ1n) is 4.39. The smallest absolute Gasteiger partial charge is 0.239 e. The first-order chi connectivity index (χ1) is 7.42. The third-order valence-corrected chi connectivity index (χ3v) is 2.50. The average molecular weight is 238 g/mol. The van der Waals surface area contributed by atoms with Crippen LogP contribution in [0.3, 0.4) is 0 Å². The molecule has 0 heterocycles. The Morgan fingerprint density at radius 2 is 2.06 bits per heavy atom. The van der Waals surface area contributed by atoms with Gasteiger partial charge in [0, 0.05) is 6.26 Å². The largest absolute Gasteiger partial charge is 0.324 e. The summed E-state index contributed by atoms with van der Waals surface area (Å²) in [5, 5.41) is 11.1. The molecule has 84 valence electrons. The number of rotatable bonds is 3. The maximum Gasteiger partial charge on any atom is 0.239 e. The standard InChI is InChI=1S/C10H10N2O3S/c1-16(14,15)7-10(13)12-9-5-3-2-4-8(9)6-11/h2-5H,7H2,1H3,(H,12,13). The van der Waals surface area contributed by atoms with Crippen LogP contribution in [0.5, 0.6) is 0 Å². The molecule has 0 aliphatic rings. The topological polar surface area (TPSA) is 87.0 Å². The van der Waals surface area contributed by atoms with E-state index in [4.69, 9.17) is 5.26 Å². The molecule has 5 nitrogen and oxygen atoms in total. The number of anilines is 1. The number of amides is 1. The van der Waals surface area contributed by atoms with Crippen molar-refractivity contribution in [2.75, 3.05) is 17.3 Å². The third-order valence-electron chi connectivity index (χ3n) is 1.71. The van der Waals surface area contributed by atoms with E-state index in [9.17, 15) is 13.2 Å². The van der Waals surface area contributed by atoms with Gasteiger partial charge in [-0.1, -0.05) is 12.1 Å². The molecular formula is C10H10N2O3S. The Kier molecular flexibility index (Phi) is 3.64. The van der Waals surface area contributed by atoms with Crippen molar-refractivity contribution in [3.63, 3.8) is 0 Å². The third kappa shape index (κ3) is 3.71. The van der Waals surface area contributed by atoms with E-state index >= 15 is 0 Å². The average Bonchev–Trinajstić information content (AvgIpc) is 2.15. The van der Waals surface area contributed by atoms with Crippen LogP contribution in [-0.4, -0.2) is 26.3 Å². The summed E-state index contributed by atoms with van der Waals surface area (Å²) >= 11 is 0. The highest BCUT2D eigenvalue weighted by Crippen LogP contribution is 2.13. The Bertz CT molecular complexity index is 543. The molecule has 0 aliphatic carbocycles. The summed E-state index contributed by atoms with van der Waals surface area (Å²) in [6.45, 7) is 0. The lowest BCUT2D eigenvalue weighted by atomic mass is 10.2. The van der Waals surface area contributed by atoms with Gasteiger partial charge >= 0.3 is 0 Å². The van der Waals surface area contributed by atoms with E-state index in [0.717, 1.165) is 6.26 Å². The zero-order valence-electron chi connectivity index (χ0n) is 8.60. The van der Waals surface area contributed by atoms with Crippen molar-refractivity contribution in [2.45, 2.75) is 0 Å². The molecule has 1 rings (SSSR count). The highest BCUT2D eigenvalue weighted by atomic mass is 32.2. The van der Waals surface area contributed by atoms with Crippen molar-refractivity contribution >= 4 is 21.4 Å². The second-order valence-electron chi connectivity index (χ2n) is 3.28. The van der Waals surface area contributed by atoms with Crippen LogP contribution >= 0.6 is 0 Å². The molecule has 0 saturated heterocycles. The van der Waals surface area contributed by atoms with Gasteiger partial charge in [0.25, 0.3) is 0 Å². The van der Waals surface area contributed by atoms with Gasteiger partial charge in [-0.25, -0.2) is 8.42 Å². The molecule has 16 heavy (non-hydrogen) atoms. The summed E-state index contributed by atoms with van der Waals surface area (Å²) in [7, 11) is -3.36. The fourth-order valence-corrected chi connectivity index (χ4v) is 1.66. The number of nitriles is 1. The number of sulfone groups is 1. The molecule has 1 amide bonds. The predicted octanol–water partition coefficient (Wildman–Crippen LogP) is 0.541. The van der Waals surface area contributed by atoms with E-state index in [1.807, 2.05) is 6.07 Å². The molecule has 0 bridgehead atoms. The van der Waals surface area contributed by atoms with Gasteiger partial charge in [0.2, 0.25) is 5.91 Å². The van der Waals surface area contributed by atoms with Crippen LogP contribution in [0.25, 0.3) is 0 Å². The van der Waals surface area contributed by atoms with Gasteiger partial charge < -0.3 is 5.32 Å². The zero-order valence-corrected chi connectivity index (χ0v) is 9.41. The lowest BCUT2D eigenvalue weighted by Crippen LogP contribution is -2.22. The molecule has 1 N–H and O–H groups in total. The molecule has 0 spiro atoms. The van der Waals surface area contributed by atoms with Crippen molar-refractivity contribution in [3.05, 3.63) is 29.8 Å². The zero-order chi connectivity index (χ0) is 12.2. The normalized spacial score (nSPS) is 10.5. The van der Waals surface area contributed by atoms with Gasteiger partial charge in [-0.3, -0.25) is 4.79 Å². The van der Waals surface area contributed by atoms with E-state index in [-0.39, 0.29) is 0 Å². The van der Waals surface area contributed by atoms with Crippen LogP contribution in [0, 0.1) is 11.3 Å². The van der Waals surface area contributed by atoms with Crippen molar-refractivity contribution in [1.82, 2.24) is 0 Å². The summed E-state index contributed by atoms with van der Waals surface area (Å²) in [6, 6.07) is 8.28. The SMILES string of the molecule is CS(=O)(=O)CC(=O)Nc1ccccc1C#N. The van der Waals surface area contributed by atoms with Gasteiger partial charge in [-0.15, -0.1) is 0 Å². The highest BCUT2D eigenvalue weighted by Gasteiger charge is 2.12. The lowest BCUT2D eigenvalue weighted by molar-refractivity contribution is -0.113. The number of carbonyl (C=O) groups excluding carboxylic acids is 1. The van der Waals surface area contributed by atoms with Gasteiger partial charge in [0.1, 0.15) is 11.8 Å². The Labute approximate surface area is 93.6 Å². The van der Waals surface area contributed by atoms with Gasteiger partial charge in [0.05, 0.1) is 11.3 Å². The van der Waals surface area contributed by atoms with E-state index in [1.54, 1.807) is 18.2 Å². The fourth-order valence-electron chi connectivity index (χ4n) is 1.11. The van der Waals surface area contributed by atoms with Crippen molar-refractivity contribution in [1.29, 1.82) is 5.26 Å². The summed E-state index contributed by atoms with van der Waals surface area (Å²) in [5.41, 5.74) is 0.614. The number of benzene rings is 1. The van der Waals surface area contributed by atoms with Crippen molar-refractivity contribution < 1.29 is 13.2 Å². The van der Waals surface area contributed by atoms with Crippen molar-refractivity contribution in [3.8, 4) is 6.07 Å². The lowest BCUT2D eigenvalue weighted by Gasteiger charge is -2.05. The van der Waals surface area contributed by atoms with E-state index in [0.29, 0.717) is 11.3 Å². The Balaban J connectivity index is 2.82. The molecule has 0 aliphatic heterocycles. The molecule has 1 aromatic rings. The number of hydrogen-bond donors (Lipinski definition) is 1. The van der Waals surface area contributed by atoms with E-state index < -0.39 is 21.5 Å². The molecule has 0 saturated carbocycles. The minimum atomic E-state index is -3.36. The predicted molar refractivity (Wildman–Crippen MR) is 59.5 cm³/mol. The Morgan fingerprint density at radius 3 is 2.62 bits per heavy atom. The van der Waals surface area contributed by atoms with E-state index in [2.05, 4.69) is 5.32 Å².